The molecule has 1 N–H and O–H groups in total. The Morgan fingerprint density at radius 2 is 2.00 bits per heavy atom. The Labute approximate surface area is 126 Å². The van der Waals surface area contributed by atoms with Crippen LogP contribution in [-0.2, 0) is 0 Å². The van der Waals surface area contributed by atoms with Gasteiger partial charge in [-0.3, -0.25) is 4.99 Å². The maximum absolute atomic E-state index is 4.80. The SMILES string of the molecule is CCC1(CC)CN=C(NC2CC2c2ccccc2)SC1. The molecule has 108 valence electrons. The Morgan fingerprint density at radius 3 is 2.60 bits per heavy atom. The van der Waals surface area contributed by atoms with E-state index in [9.17, 15) is 0 Å². The van der Waals surface area contributed by atoms with E-state index >= 15 is 0 Å². The smallest absolute Gasteiger partial charge is 0.156 e. The second kappa shape index (κ2) is 5.80. The summed E-state index contributed by atoms with van der Waals surface area (Å²) in [7, 11) is 0. The van der Waals surface area contributed by atoms with Gasteiger partial charge in [0.05, 0.1) is 0 Å². The molecule has 3 rings (SSSR count). The van der Waals surface area contributed by atoms with Crippen molar-refractivity contribution in [3.63, 3.8) is 0 Å². The molecule has 0 radical (unpaired) electrons. The van der Waals surface area contributed by atoms with E-state index in [0.717, 1.165) is 6.54 Å². The molecule has 2 nitrogen and oxygen atoms in total. The van der Waals surface area contributed by atoms with Crippen LogP contribution in [0.3, 0.4) is 0 Å². The van der Waals surface area contributed by atoms with Crippen molar-refractivity contribution in [1.29, 1.82) is 0 Å². The van der Waals surface area contributed by atoms with Crippen LogP contribution < -0.4 is 5.32 Å². The van der Waals surface area contributed by atoms with E-state index in [4.69, 9.17) is 4.99 Å². The molecule has 0 spiro atoms. The Bertz CT molecular complexity index is 479. The maximum Gasteiger partial charge on any atom is 0.156 e. The standard InChI is InChI=1S/C17H24N2S/c1-3-17(4-2)11-18-16(20-12-17)19-15-10-14(15)13-8-6-5-7-9-13/h5-9,14-15H,3-4,10-12H2,1-2H3,(H,18,19). The molecule has 2 aliphatic rings. The summed E-state index contributed by atoms with van der Waals surface area (Å²) in [5.41, 5.74) is 1.90. The van der Waals surface area contributed by atoms with Crippen molar-refractivity contribution < 1.29 is 0 Å². The van der Waals surface area contributed by atoms with E-state index in [-0.39, 0.29) is 0 Å². The fraction of sp³-hybridized carbons (Fsp3) is 0.588. The van der Waals surface area contributed by atoms with Crippen molar-refractivity contribution >= 4 is 16.9 Å². The summed E-state index contributed by atoms with van der Waals surface area (Å²) < 4.78 is 0. The molecule has 20 heavy (non-hydrogen) atoms. The average molecular weight is 288 g/mol. The third-order valence-corrected chi connectivity index (χ3v) is 6.18. The number of thioether (sulfide) groups is 1. The van der Waals surface area contributed by atoms with Crippen LogP contribution in [0.15, 0.2) is 35.3 Å². The number of hydrogen-bond donors (Lipinski definition) is 1. The zero-order valence-corrected chi connectivity index (χ0v) is 13.2. The molecule has 1 aromatic carbocycles. The minimum absolute atomic E-state index is 0.443. The van der Waals surface area contributed by atoms with Crippen molar-refractivity contribution in [1.82, 2.24) is 5.32 Å². The number of benzene rings is 1. The zero-order chi connectivity index (χ0) is 14.0. The molecule has 1 aliphatic carbocycles. The second-order valence-corrected chi connectivity index (χ2v) is 7.08. The molecule has 0 aromatic heterocycles. The quantitative estimate of drug-likeness (QED) is 0.904. The molecule has 2 atom stereocenters. The third-order valence-electron chi connectivity index (χ3n) is 4.90. The molecule has 3 heteroatoms. The van der Waals surface area contributed by atoms with E-state index in [0.29, 0.717) is 17.4 Å². The van der Waals surface area contributed by atoms with E-state index in [1.807, 2.05) is 11.8 Å². The number of nitrogens with zero attached hydrogens (tertiary/aromatic N) is 1. The van der Waals surface area contributed by atoms with Gasteiger partial charge in [0.25, 0.3) is 0 Å². The third kappa shape index (κ3) is 2.88. The molecule has 0 bridgehead atoms. The highest BCUT2D eigenvalue weighted by Gasteiger charge is 2.40. The molecule has 1 saturated carbocycles. The first-order chi connectivity index (χ1) is 9.76. The molecule has 0 saturated heterocycles. The van der Waals surface area contributed by atoms with Crippen molar-refractivity contribution in [2.24, 2.45) is 10.4 Å². The highest BCUT2D eigenvalue weighted by molar-refractivity contribution is 8.13. The van der Waals surface area contributed by atoms with Gasteiger partial charge in [-0.2, -0.15) is 0 Å². The van der Waals surface area contributed by atoms with Crippen LogP contribution in [0.4, 0.5) is 0 Å². The molecule has 1 heterocycles. The van der Waals surface area contributed by atoms with Crippen LogP contribution in [0.2, 0.25) is 0 Å². The van der Waals surface area contributed by atoms with Crippen LogP contribution in [0.5, 0.6) is 0 Å². The first-order valence-corrected chi connectivity index (χ1v) is 8.73. The van der Waals surface area contributed by atoms with Gasteiger partial charge in [0, 0.05) is 24.3 Å². The van der Waals surface area contributed by atoms with Crippen molar-refractivity contribution in [3.8, 4) is 0 Å². The van der Waals surface area contributed by atoms with Gasteiger partial charge in [-0.15, -0.1) is 0 Å². The van der Waals surface area contributed by atoms with Crippen molar-refractivity contribution in [3.05, 3.63) is 35.9 Å². The summed E-state index contributed by atoms with van der Waals surface area (Å²) in [6.07, 6.45) is 3.73. The van der Waals surface area contributed by atoms with Crippen molar-refractivity contribution in [2.75, 3.05) is 12.3 Å². The van der Waals surface area contributed by atoms with Gasteiger partial charge in [-0.25, -0.2) is 0 Å². The van der Waals surface area contributed by atoms with Crippen LogP contribution in [0.1, 0.15) is 44.6 Å². The fourth-order valence-corrected chi connectivity index (χ4v) is 4.23. The van der Waals surface area contributed by atoms with Crippen LogP contribution in [-0.4, -0.2) is 23.5 Å². The van der Waals surface area contributed by atoms with Crippen LogP contribution >= 0.6 is 11.8 Å². The lowest BCUT2D eigenvalue weighted by molar-refractivity contribution is 0.318. The number of aliphatic imine (C=N–C) groups is 1. The molecule has 2 unspecified atom stereocenters. The van der Waals surface area contributed by atoms with Crippen LogP contribution in [0.25, 0.3) is 0 Å². The van der Waals surface area contributed by atoms with E-state index in [1.165, 1.54) is 35.7 Å². The molecule has 1 fully saturated rings. The number of amidine groups is 1. The predicted molar refractivity (Wildman–Crippen MR) is 88.5 cm³/mol. The Morgan fingerprint density at radius 1 is 1.25 bits per heavy atom. The Hall–Kier alpha value is -0.960. The van der Waals surface area contributed by atoms with Gasteiger partial charge in [0.1, 0.15) is 0 Å². The molecular weight excluding hydrogens is 264 g/mol. The monoisotopic (exact) mass is 288 g/mol. The van der Waals surface area contributed by atoms with Crippen LogP contribution in [0, 0.1) is 5.41 Å². The lowest BCUT2D eigenvalue weighted by Crippen LogP contribution is -2.35. The summed E-state index contributed by atoms with van der Waals surface area (Å²) >= 11 is 1.92. The Kier molecular flexibility index (Phi) is 4.06. The number of hydrogen-bond acceptors (Lipinski definition) is 3. The van der Waals surface area contributed by atoms with Gasteiger partial charge in [0.15, 0.2) is 5.17 Å². The van der Waals surface area contributed by atoms with Gasteiger partial charge < -0.3 is 5.32 Å². The first kappa shape index (κ1) is 14.0. The summed E-state index contributed by atoms with van der Waals surface area (Å²) in [6.45, 7) is 5.59. The summed E-state index contributed by atoms with van der Waals surface area (Å²) in [5, 5.41) is 4.81. The lowest BCUT2D eigenvalue weighted by atomic mass is 9.84. The minimum Gasteiger partial charge on any atom is -0.362 e. The molecule has 1 aromatic rings. The van der Waals surface area contributed by atoms with Crippen molar-refractivity contribution in [2.45, 2.75) is 45.1 Å². The molecule has 1 aliphatic heterocycles. The largest absolute Gasteiger partial charge is 0.362 e. The average Bonchev–Trinajstić information content (AvgIpc) is 3.29. The summed E-state index contributed by atoms with van der Waals surface area (Å²) in [5.74, 6) is 1.90. The maximum atomic E-state index is 4.80. The first-order valence-electron chi connectivity index (χ1n) is 7.75. The van der Waals surface area contributed by atoms with Gasteiger partial charge >= 0.3 is 0 Å². The van der Waals surface area contributed by atoms with Gasteiger partial charge in [-0.1, -0.05) is 55.9 Å². The fourth-order valence-electron chi connectivity index (χ4n) is 2.90. The van der Waals surface area contributed by atoms with E-state index in [1.54, 1.807) is 0 Å². The second-order valence-electron chi connectivity index (χ2n) is 6.12. The van der Waals surface area contributed by atoms with Gasteiger partial charge in [0.2, 0.25) is 0 Å². The normalized spacial score (nSPS) is 27.8. The molecular formula is C17H24N2S. The predicted octanol–water partition coefficient (Wildman–Crippen LogP) is 4.04. The summed E-state index contributed by atoms with van der Waals surface area (Å²) in [6, 6.07) is 11.4. The highest BCUT2D eigenvalue weighted by Crippen LogP contribution is 2.42. The summed E-state index contributed by atoms with van der Waals surface area (Å²) in [4.78, 5) is 4.80. The van der Waals surface area contributed by atoms with Gasteiger partial charge in [-0.05, 0) is 30.2 Å². The molecule has 0 amide bonds. The minimum atomic E-state index is 0.443. The number of nitrogens with one attached hydrogen (secondary N) is 1. The number of rotatable bonds is 4. The zero-order valence-electron chi connectivity index (χ0n) is 12.4. The van der Waals surface area contributed by atoms with E-state index in [2.05, 4.69) is 49.5 Å². The van der Waals surface area contributed by atoms with E-state index < -0.39 is 0 Å². The highest BCUT2D eigenvalue weighted by atomic mass is 32.2. The Balaban J connectivity index is 1.55. The lowest BCUT2D eigenvalue weighted by Gasteiger charge is -2.33. The topological polar surface area (TPSA) is 24.4 Å².